The first-order chi connectivity index (χ1) is 9.78. The summed E-state index contributed by atoms with van der Waals surface area (Å²) in [6.45, 7) is 2.39. The van der Waals surface area contributed by atoms with Crippen molar-refractivity contribution in [2.75, 3.05) is 0 Å². The number of benzene rings is 1. The number of rotatable bonds is 3. The number of aryl methyl sites for hydroxylation is 1. The monoisotopic (exact) mass is 266 g/mol. The van der Waals surface area contributed by atoms with Crippen LogP contribution in [0.2, 0.25) is 0 Å². The number of aromatic nitrogens is 5. The Balaban J connectivity index is 1.96. The second-order valence-electron chi connectivity index (χ2n) is 4.39. The van der Waals surface area contributed by atoms with Crippen LogP contribution in [-0.4, -0.2) is 25.2 Å². The molecular formula is C14H14N6. The summed E-state index contributed by atoms with van der Waals surface area (Å²) in [4.78, 5) is 5.87. The predicted molar refractivity (Wildman–Crippen MR) is 75.0 cm³/mol. The quantitative estimate of drug-likeness (QED) is 0.776. The maximum atomic E-state index is 5.63. The zero-order valence-electron chi connectivity index (χ0n) is 11.1. The van der Waals surface area contributed by atoms with E-state index >= 15 is 0 Å². The van der Waals surface area contributed by atoms with Gasteiger partial charge >= 0.3 is 0 Å². The van der Waals surface area contributed by atoms with Crippen LogP contribution < -0.4 is 5.73 Å². The lowest BCUT2D eigenvalue weighted by atomic mass is 10.2. The van der Waals surface area contributed by atoms with Crippen molar-refractivity contribution in [1.29, 1.82) is 0 Å². The Labute approximate surface area is 116 Å². The highest BCUT2D eigenvalue weighted by molar-refractivity contribution is 5.53. The van der Waals surface area contributed by atoms with Gasteiger partial charge in [-0.15, -0.1) is 15.0 Å². The van der Waals surface area contributed by atoms with Crippen molar-refractivity contribution < 1.29 is 0 Å². The van der Waals surface area contributed by atoms with E-state index < -0.39 is 0 Å². The van der Waals surface area contributed by atoms with Gasteiger partial charge in [-0.1, -0.05) is 36.4 Å². The highest BCUT2D eigenvalue weighted by Gasteiger charge is 2.08. The number of hydrogen-bond donors (Lipinski definition) is 1. The molecule has 100 valence electrons. The molecule has 0 aliphatic rings. The second kappa shape index (κ2) is 5.18. The first kappa shape index (κ1) is 12.4. The summed E-state index contributed by atoms with van der Waals surface area (Å²) in [5, 5.41) is 12.4. The third-order valence-corrected chi connectivity index (χ3v) is 3.05. The molecule has 0 amide bonds. The smallest absolute Gasteiger partial charge is 0.205 e. The number of nitrogens with zero attached hydrogens (tertiary/aromatic N) is 5. The lowest BCUT2D eigenvalue weighted by Gasteiger charge is -2.03. The van der Waals surface area contributed by atoms with Gasteiger partial charge < -0.3 is 5.73 Å². The van der Waals surface area contributed by atoms with E-state index in [0.29, 0.717) is 18.2 Å². The Hall–Kier alpha value is -2.60. The number of nitrogens with two attached hydrogens (primary N) is 1. The topological polar surface area (TPSA) is 82.5 Å². The molecule has 0 atom stereocenters. The van der Waals surface area contributed by atoms with Crippen LogP contribution >= 0.6 is 0 Å². The molecule has 2 N–H and O–H groups in total. The largest absolute Gasteiger partial charge is 0.326 e. The molecule has 0 saturated carbocycles. The zero-order chi connectivity index (χ0) is 13.9. The van der Waals surface area contributed by atoms with E-state index in [9.17, 15) is 0 Å². The highest BCUT2D eigenvalue weighted by atomic mass is 15.6. The van der Waals surface area contributed by atoms with Gasteiger partial charge in [-0.05, 0) is 23.8 Å². The van der Waals surface area contributed by atoms with Crippen LogP contribution in [0.25, 0.3) is 17.2 Å². The van der Waals surface area contributed by atoms with E-state index in [1.807, 2.05) is 49.4 Å². The predicted octanol–water partition coefficient (Wildman–Crippen LogP) is 1.49. The maximum absolute atomic E-state index is 5.63. The minimum Gasteiger partial charge on any atom is -0.326 e. The lowest BCUT2D eigenvalue weighted by Crippen LogP contribution is -2.06. The molecule has 6 heteroatoms. The Morgan fingerprint density at radius 3 is 2.60 bits per heavy atom. The number of hydrogen-bond acceptors (Lipinski definition) is 5. The third-order valence-electron chi connectivity index (χ3n) is 3.05. The van der Waals surface area contributed by atoms with Gasteiger partial charge in [-0.25, -0.2) is 4.98 Å². The van der Waals surface area contributed by atoms with Crippen LogP contribution in [0.3, 0.4) is 0 Å². The van der Waals surface area contributed by atoms with Crippen molar-refractivity contribution in [1.82, 2.24) is 25.2 Å². The fraction of sp³-hybridized carbons (Fsp3) is 0.143. The van der Waals surface area contributed by atoms with Gasteiger partial charge in [0.2, 0.25) is 5.82 Å². The Morgan fingerprint density at radius 1 is 1.10 bits per heavy atom. The molecule has 3 rings (SSSR count). The van der Waals surface area contributed by atoms with Gasteiger partial charge in [0.25, 0.3) is 0 Å². The van der Waals surface area contributed by atoms with E-state index in [0.717, 1.165) is 16.8 Å². The fourth-order valence-corrected chi connectivity index (χ4v) is 1.92. The van der Waals surface area contributed by atoms with Crippen molar-refractivity contribution in [3.8, 4) is 17.2 Å². The van der Waals surface area contributed by atoms with Crippen LogP contribution in [-0.2, 0) is 6.54 Å². The van der Waals surface area contributed by atoms with Gasteiger partial charge in [0.1, 0.15) is 0 Å². The first-order valence-corrected chi connectivity index (χ1v) is 6.30. The SMILES string of the molecule is Cc1nc(-n2nnc(-c3ccccc3)n2)ccc1CN. The normalized spacial score (nSPS) is 10.7. The minimum absolute atomic E-state index is 0.471. The van der Waals surface area contributed by atoms with Gasteiger partial charge in [0.05, 0.1) is 0 Å². The molecule has 0 unspecified atom stereocenters. The first-order valence-electron chi connectivity index (χ1n) is 6.30. The standard InChI is InChI=1S/C14H14N6/c1-10-12(9-15)7-8-13(16-10)20-18-14(17-19-20)11-5-3-2-4-6-11/h2-8H,9,15H2,1H3. The van der Waals surface area contributed by atoms with Gasteiger partial charge in [0, 0.05) is 17.8 Å². The Kier molecular flexibility index (Phi) is 3.22. The van der Waals surface area contributed by atoms with E-state index in [2.05, 4.69) is 20.4 Å². The average molecular weight is 266 g/mol. The van der Waals surface area contributed by atoms with Crippen molar-refractivity contribution in [2.45, 2.75) is 13.5 Å². The van der Waals surface area contributed by atoms with Crippen LogP contribution in [0.4, 0.5) is 0 Å². The molecule has 0 bridgehead atoms. The van der Waals surface area contributed by atoms with E-state index in [1.54, 1.807) is 0 Å². The Bertz CT molecular complexity index is 720. The van der Waals surface area contributed by atoms with Gasteiger partial charge in [-0.2, -0.15) is 0 Å². The molecule has 0 aliphatic heterocycles. The molecule has 0 radical (unpaired) electrons. The van der Waals surface area contributed by atoms with Crippen LogP contribution in [0.1, 0.15) is 11.3 Å². The highest BCUT2D eigenvalue weighted by Crippen LogP contribution is 2.14. The molecule has 20 heavy (non-hydrogen) atoms. The van der Waals surface area contributed by atoms with Crippen molar-refractivity contribution >= 4 is 0 Å². The Morgan fingerprint density at radius 2 is 1.90 bits per heavy atom. The van der Waals surface area contributed by atoms with Crippen LogP contribution in [0, 0.1) is 6.92 Å². The summed E-state index contributed by atoms with van der Waals surface area (Å²) < 4.78 is 0. The summed E-state index contributed by atoms with van der Waals surface area (Å²) in [7, 11) is 0. The molecule has 2 heterocycles. The minimum atomic E-state index is 0.471. The van der Waals surface area contributed by atoms with Crippen molar-refractivity contribution in [3.63, 3.8) is 0 Å². The zero-order valence-corrected chi connectivity index (χ0v) is 11.1. The average Bonchev–Trinajstić information content (AvgIpc) is 2.98. The lowest BCUT2D eigenvalue weighted by molar-refractivity contribution is 0.696. The summed E-state index contributed by atoms with van der Waals surface area (Å²) >= 11 is 0. The van der Waals surface area contributed by atoms with Crippen molar-refractivity contribution in [2.24, 2.45) is 5.73 Å². The molecule has 0 fully saturated rings. The van der Waals surface area contributed by atoms with E-state index in [1.165, 1.54) is 4.80 Å². The van der Waals surface area contributed by atoms with Gasteiger partial charge in [-0.3, -0.25) is 0 Å². The summed E-state index contributed by atoms with van der Waals surface area (Å²) in [5.74, 6) is 1.21. The molecule has 2 aromatic heterocycles. The molecule has 0 aliphatic carbocycles. The summed E-state index contributed by atoms with van der Waals surface area (Å²) in [5.41, 5.74) is 8.44. The van der Waals surface area contributed by atoms with E-state index in [-0.39, 0.29) is 0 Å². The van der Waals surface area contributed by atoms with Crippen molar-refractivity contribution in [3.05, 3.63) is 53.7 Å². The second-order valence-corrected chi connectivity index (χ2v) is 4.39. The molecular weight excluding hydrogens is 252 g/mol. The summed E-state index contributed by atoms with van der Waals surface area (Å²) in [6, 6.07) is 13.5. The fourth-order valence-electron chi connectivity index (χ4n) is 1.92. The molecule has 0 saturated heterocycles. The summed E-state index contributed by atoms with van der Waals surface area (Å²) in [6.07, 6.45) is 0. The molecule has 6 nitrogen and oxygen atoms in total. The van der Waals surface area contributed by atoms with Crippen LogP contribution in [0.5, 0.6) is 0 Å². The van der Waals surface area contributed by atoms with Gasteiger partial charge in [0.15, 0.2) is 5.82 Å². The molecule has 3 aromatic rings. The van der Waals surface area contributed by atoms with Crippen LogP contribution in [0.15, 0.2) is 42.5 Å². The number of pyridine rings is 1. The maximum Gasteiger partial charge on any atom is 0.205 e. The number of tetrazole rings is 1. The molecule has 0 spiro atoms. The third kappa shape index (κ3) is 2.28. The molecule has 1 aromatic carbocycles. The van der Waals surface area contributed by atoms with E-state index in [4.69, 9.17) is 5.73 Å².